The summed E-state index contributed by atoms with van der Waals surface area (Å²) in [5.74, 6) is 0. The maximum atomic E-state index is 6.57. The number of pyridine rings is 1. The molecule has 1 rings (SSSR count). The van der Waals surface area contributed by atoms with E-state index in [0.717, 1.165) is 5.69 Å². The van der Waals surface area contributed by atoms with Crippen LogP contribution in [0.3, 0.4) is 0 Å². The van der Waals surface area contributed by atoms with Crippen LogP contribution in [0.2, 0.25) is 5.15 Å². The first kappa shape index (κ1) is 8.03. The van der Waals surface area contributed by atoms with Crippen LogP contribution in [0.15, 0.2) is 18.2 Å². The van der Waals surface area contributed by atoms with E-state index in [1.807, 2.05) is 12.1 Å². The van der Waals surface area contributed by atoms with E-state index in [9.17, 15) is 0 Å². The SMILES string of the molecule is [C-]#[N+]CCc1cccc(Cl)n1. The van der Waals surface area contributed by atoms with Crippen molar-refractivity contribution in [1.29, 1.82) is 0 Å². The predicted molar refractivity (Wildman–Crippen MR) is 44.4 cm³/mol. The Kier molecular flexibility index (Phi) is 2.88. The molecule has 1 heterocycles. The van der Waals surface area contributed by atoms with Gasteiger partial charge in [-0.05, 0) is 12.1 Å². The first-order chi connectivity index (χ1) is 5.33. The van der Waals surface area contributed by atoms with Crippen LogP contribution in [-0.2, 0) is 6.42 Å². The highest BCUT2D eigenvalue weighted by Gasteiger charge is 1.95. The van der Waals surface area contributed by atoms with Gasteiger partial charge in [0.2, 0.25) is 6.54 Å². The molecule has 0 aliphatic rings. The van der Waals surface area contributed by atoms with Crippen LogP contribution in [0, 0.1) is 6.57 Å². The molecule has 0 amide bonds. The minimum absolute atomic E-state index is 0.480. The average Bonchev–Trinajstić information content (AvgIpc) is 2.01. The first-order valence-electron chi connectivity index (χ1n) is 3.27. The lowest BCUT2D eigenvalue weighted by molar-refractivity contribution is 0.999. The number of nitrogens with zero attached hydrogens (tertiary/aromatic N) is 2. The molecule has 0 N–H and O–H groups in total. The highest BCUT2D eigenvalue weighted by Crippen LogP contribution is 2.05. The second kappa shape index (κ2) is 3.95. The normalized spacial score (nSPS) is 9.09. The molecule has 0 saturated carbocycles. The smallest absolute Gasteiger partial charge is 0.220 e. The van der Waals surface area contributed by atoms with Crippen LogP contribution in [0.4, 0.5) is 0 Å². The van der Waals surface area contributed by atoms with Crippen LogP contribution < -0.4 is 0 Å². The molecule has 0 aliphatic carbocycles. The molecule has 0 aliphatic heterocycles. The van der Waals surface area contributed by atoms with Crippen molar-refractivity contribution >= 4 is 11.6 Å². The van der Waals surface area contributed by atoms with Crippen LogP contribution >= 0.6 is 11.6 Å². The molecule has 0 aromatic carbocycles. The van der Waals surface area contributed by atoms with Crippen molar-refractivity contribution in [2.45, 2.75) is 6.42 Å². The van der Waals surface area contributed by atoms with Crippen LogP contribution in [-0.4, -0.2) is 11.5 Å². The summed E-state index contributed by atoms with van der Waals surface area (Å²) in [6.45, 7) is 7.05. The molecule has 11 heavy (non-hydrogen) atoms. The third-order valence-electron chi connectivity index (χ3n) is 1.25. The standard InChI is InChI=1S/C8H7ClN2/c1-10-6-5-7-3-2-4-8(9)11-7/h2-4H,5-6H2. The molecule has 1 aromatic rings. The van der Waals surface area contributed by atoms with Gasteiger partial charge >= 0.3 is 0 Å². The van der Waals surface area contributed by atoms with Gasteiger partial charge in [0, 0.05) is 5.69 Å². The van der Waals surface area contributed by atoms with Gasteiger partial charge in [0.1, 0.15) is 5.15 Å². The lowest BCUT2D eigenvalue weighted by Gasteiger charge is -1.93. The Morgan fingerprint density at radius 3 is 3.00 bits per heavy atom. The van der Waals surface area contributed by atoms with Crippen molar-refractivity contribution in [1.82, 2.24) is 4.98 Å². The molecule has 3 heteroatoms. The Morgan fingerprint density at radius 1 is 1.55 bits per heavy atom. The summed E-state index contributed by atoms with van der Waals surface area (Å²) < 4.78 is 0. The van der Waals surface area contributed by atoms with Gasteiger partial charge in [0.05, 0.1) is 6.42 Å². The van der Waals surface area contributed by atoms with Crippen LogP contribution in [0.1, 0.15) is 5.69 Å². The second-order valence-corrected chi connectivity index (χ2v) is 2.47. The molecule has 0 unspecified atom stereocenters. The average molecular weight is 167 g/mol. The summed E-state index contributed by atoms with van der Waals surface area (Å²) in [6.07, 6.45) is 0.685. The van der Waals surface area contributed by atoms with E-state index in [-0.39, 0.29) is 0 Å². The van der Waals surface area contributed by atoms with Gasteiger partial charge < -0.3 is 4.85 Å². The Bertz CT molecular complexity index is 278. The number of rotatable bonds is 2. The van der Waals surface area contributed by atoms with Crippen molar-refractivity contribution in [2.75, 3.05) is 6.54 Å². The minimum Gasteiger partial charge on any atom is -0.317 e. The molecule has 0 spiro atoms. The fourth-order valence-electron chi connectivity index (χ4n) is 0.760. The first-order valence-corrected chi connectivity index (χ1v) is 3.65. The van der Waals surface area contributed by atoms with E-state index < -0.39 is 0 Å². The number of halogens is 1. The largest absolute Gasteiger partial charge is 0.317 e. The third kappa shape index (κ3) is 2.57. The van der Waals surface area contributed by atoms with Gasteiger partial charge in [0.25, 0.3) is 0 Å². The summed E-state index contributed by atoms with van der Waals surface area (Å²) in [4.78, 5) is 7.26. The van der Waals surface area contributed by atoms with Gasteiger partial charge in [-0.1, -0.05) is 17.7 Å². The minimum atomic E-state index is 0.480. The Labute approximate surface area is 70.7 Å². The molecule has 0 radical (unpaired) electrons. The maximum Gasteiger partial charge on any atom is 0.220 e. The quantitative estimate of drug-likeness (QED) is 0.486. The fourth-order valence-corrected chi connectivity index (χ4v) is 0.941. The number of hydrogen-bond acceptors (Lipinski definition) is 1. The van der Waals surface area contributed by atoms with E-state index in [4.69, 9.17) is 18.2 Å². The summed E-state index contributed by atoms with van der Waals surface area (Å²) in [6, 6.07) is 5.44. The summed E-state index contributed by atoms with van der Waals surface area (Å²) in [5, 5.41) is 0.493. The molecule has 0 saturated heterocycles. The summed E-state index contributed by atoms with van der Waals surface area (Å²) in [7, 11) is 0. The second-order valence-electron chi connectivity index (χ2n) is 2.08. The fraction of sp³-hybridized carbons (Fsp3) is 0.250. The monoisotopic (exact) mass is 166 g/mol. The van der Waals surface area contributed by atoms with Gasteiger partial charge in [-0.3, -0.25) is 0 Å². The molecular formula is C8H7ClN2. The zero-order valence-corrected chi connectivity index (χ0v) is 6.67. The number of aromatic nitrogens is 1. The Balaban J connectivity index is 2.65. The number of hydrogen-bond donors (Lipinski definition) is 0. The van der Waals surface area contributed by atoms with Crippen molar-refractivity contribution in [3.05, 3.63) is 40.5 Å². The Hall–Kier alpha value is -1.07. The third-order valence-corrected chi connectivity index (χ3v) is 1.46. The van der Waals surface area contributed by atoms with E-state index in [2.05, 4.69) is 9.83 Å². The van der Waals surface area contributed by atoms with Crippen molar-refractivity contribution in [2.24, 2.45) is 0 Å². The van der Waals surface area contributed by atoms with Gasteiger partial charge in [-0.15, -0.1) is 0 Å². The lowest BCUT2D eigenvalue weighted by Crippen LogP contribution is -1.91. The molecule has 0 atom stereocenters. The lowest BCUT2D eigenvalue weighted by atomic mass is 10.3. The zero-order chi connectivity index (χ0) is 8.10. The van der Waals surface area contributed by atoms with Gasteiger partial charge in [-0.25, -0.2) is 11.6 Å². The van der Waals surface area contributed by atoms with Crippen LogP contribution in [0.25, 0.3) is 4.85 Å². The Morgan fingerprint density at radius 2 is 2.36 bits per heavy atom. The van der Waals surface area contributed by atoms with Crippen molar-refractivity contribution in [3.8, 4) is 0 Å². The van der Waals surface area contributed by atoms with Crippen LogP contribution in [0.5, 0.6) is 0 Å². The molecule has 56 valence electrons. The van der Waals surface area contributed by atoms with E-state index in [0.29, 0.717) is 18.1 Å². The van der Waals surface area contributed by atoms with Gasteiger partial charge in [0.15, 0.2) is 0 Å². The molecule has 0 fully saturated rings. The van der Waals surface area contributed by atoms with Crippen molar-refractivity contribution in [3.63, 3.8) is 0 Å². The molecular weight excluding hydrogens is 160 g/mol. The van der Waals surface area contributed by atoms with E-state index in [1.165, 1.54) is 0 Å². The van der Waals surface area contributed by atoms with Gasteiger partial charge in [-0.2, -0.15) is 0 Å². The highest BCUT2D eigenvalue weighted by atomic mass is 35.5. The summed E-state index contributed by atoms with van der Waals surface area (Å²) in [5.41, 5.74) is 0.883. The molecule has 2 nitrogen and oxygen atoms in total. The zero-order valence-electron chi connectivity index (χ0n) is 5.92. The molecule has 0 bridgehead atoms. The maximum absolute atomic E-state index is 6.57. The van der Waals surface area contributed by atoms with Crippen molar-refractivity contribution < 1.29 is 0 Å². The topological polar surface area (TPSA) is 17.2 Å². The predicted octanol–water partition coefficient (Wildman–Crippen LogP) is 2.20. The van der Waals surface area contributed by atoms with E-state index in [1.54, 1.807) is 6.07 Å². The molecule has 1 aromatic heterocycles. The van der Waals surface area contributed by atoms with E-state index >= 15 is 0 Å². The summed E-state index contributed by atoms with van der Waals surface area (Å²) >= 11 is 5.64. The highest BCUT2D eigenvalue weighted by molar-refractivity contribution is 6.29.